The lowest BCUT2D eigenvalue weighted by Crippen LogP contribution is -2.44. The zero-order chi connectivity index (χ0) is 31.5. The highest BCUT2D eigenvalue weighted by Gasteiger charge is 2.26. The Morgan fingerprint density at radius 3 is 2.22 bits per heavy atom. The topological polar surface area (TPSA) is 138 Å². The SMILES string of the molecule is O=C(O)c1ccc(-c2cccc(Nc3ncc(F)cc3C(=O)NC3CCC(NC(=O)c4cn5cc(F)ccc5n4)CC3)c2)cc1. The van der Waals surface area contributed by atoms with Crippen LogP contribution in [-0.2, 0) is 0 Å². The van der Waals surface area contributed by atoms with E-state index in [-0.39, 0.29) is 40.6 Å². The lowest BCUT2D eigenvalue weighted by molar-refractivity contribution is 0.0696. The Bertz CT molecular complexity index is 1900. The summed E-state index contributed by atoms with van der Waals surface area (Å²) in [6.45, 7) is 0. The Balaban J connectivity index is 1.07. The van der Waals surface area contributed by atoms with Crippen molar-refractivity contribution in [3.63, 3.8) is 0 Å². The van der Waals surface area contributed by atoms with Crippen LogP contribution >= 0.6 is 0 Å². The summed E-state index contributed by atoms with van der Waals surface area (Å²) in [6, 6.07) is 17.3. The molecule has 1 saturated carbocycles. The molecule has 228 valence electrons. The largest absolute Gasteiger partial charge is 0.478 e. The maximum atomic E-state index is 14.2. The van der Waals surface area contributed by atoms with Crippen molar-refractivity contribution in [1.82, 2.24) is 25.0 Å². The number of pyridine rings is 2. The van der Waals surface area contributed by atoms with Crippen LogP contribution in [0.4, 0.5) is 20.3 Å². The summed E-state index contributed by atoms with van der Waals surface area (Å²) >= 11 is 0. The number of benzene rings is 2. The number of imidazole rings is 1. The fourth-order valence-electron chi connectivity index (χ4n) is 5.41. The number of anilines is 2. The number of aromatic nitrogens is 3. The predicted molar refractivity (Wildman–Crippen MR) is 162 cm³/mol. The van der Waals surface area contributed by atoms with Crippen LogP contribution in [-0.4, -0.2) is 49.3 Å². The van der Waals surface area contributed by atoms with E-state index < -0.39 is 23.5 Å². The number of carboxylic acids is 1. The standard InChI is InChI=1S/C33H28F2N6O4/c34-22-8-13-29-40-28(18-41(29)17-22)32(43)39-25-11-9-24(10-12-25)38-31(42)27-15-23(35)16-36-30(27)37-26-3-1-2-21(14-26)19-4-6-20(7-5-19)33(44)45/h1-8,13-18,24-25H,9-12H2,(H,36,37)(H,38,42)(H,39,43)(H,44,45). The lowest BCUT2D eigenvalue weighted by atomic mass is 9.91. The molecule has 0 radical (unpaired) electrons. The van der Waals surface area contributed by atoms with Crippen molar-refractivity contribution in [2.24, 2.45) is 0 Å². The third-order valence-electron chi connectivity index (χ3n) is 7.73. The van der Waals surface area contributed by atoms with Crippen molar-refractivity contribution < 1.29 is 28.3 Å². The van der Waals surface area contributed by atoms with Gasteiger partial charge in [-0.25, -0.2) is 23.5 Å². The van der Waals surface area contributed by atoms with Gasteiger partial charge in [0.15, 0.2) is 0 Å². The number of carboxylic acid groups (broad SMARTS) is 1. The number of carbonyl (C=O) groups excluding carboxylic acids is 2. The van der Waals surface area contributed by atoms with Crippen LogP contribution in [0.25, 0.3) is 16.8 Å². The minimum atomic E-state index is -1.01. The van der Waals surface area contributed by atoms with Gasteiger partial charge in [0.1, 0.15) is 28.8 Å². The summed E-state index contributed by atoms with van der Waals surface area (Å²) in [6.07, 6.45) is 6.19. The van der Waals surface area contributed by atoms with Crippen molar-refractivity contribution in [2.45, 2.75) is 37.8 Å². The number of fused-ring (bicyclic) bond motifs is 1. The Labute approximate surface area is 256 Å². The lowest BCUT2D eigenvalue weighted by Gasteiger charge is -2.29. The summed E-state index contributed by atoms with van der Waals surface area (Å²) in [5.74, 6) is -2.74. The third-order valence-corrected chi connectivity index (χ3v) is 7.73. The summed E-state index contributed by atoms with van der Waals surface area (Å²) in [5.41, 5.74) is 3.10. The molecule has 3 heterocycles. The van der Waals surface area contributed by atoms with E-state index in [9.17, 15) is 23.2 Å². The molecule has 0 spiro atoms. The van der Waals surface area contributed by atoms with Gasteiger partial charge in [0.25, 0.3) is 11.8 Å². The van der Waals surface area contributed by atoms with Crippen LogP contribution in [0.5, 0.6) is 0 Å². The van der Waals surface area contributed by atoms with Crippen LogP contribution in [0.1, 0.15) is 56.9 Å². The van der Waals surface area contributed by atoms with Gasteiger partial charge in [-0.15, -0.1) is 0 Å². The molecule has 4 N–H and O–H groups in total. The molecule has 1 aliphatic carbocycles. The van der Waals surface area contributed by atoms with E-state index in [2.05, 4.69) is 25.9 Å². The van der Waals surface area contributed by atoms with Crippen molar-refractivity contribution in [1.29, 1.82) is 0 Å². The second-order valence-corrected chi connectivity index (χ2v) is 10.9. The van der Waals surface area contributed by atoms with Gasteiger partial charge < -0.3 is 25.5 Å². The van der Waals surface area contributed by atoms with Gasteiger partial charge in [-0.2, -0.15) is 0 Å². The van der Waals surface area contributed by atoms with Gasteiger partial charge in [0.2, 0.25) is 0 Å². The van der Waals surface area contributed by atoms with Crippen molar-refractivity contribution in [3.05, 3.63) is 114 Å². The molecular weight excluding hydrogens is 582 g/mol. The smallest absolute Gasteiger partial charge is 0.335 e. The van der Waals surface area contributed by atoms with E-state index in [4.69, 9.17) is 5.11 Å². The highest BCUT2D eigenvalue weighted by atomic mass is 19.1. The summed E-state index contributed by atoms with van der Waals surface area (Å²) in [5, 5.41) is 18.2. The Kier molecular flexibility index (Phi) is 8.19. The highest BCUT2D eigenvalue weighted by molar-refractivity contribution is 5.99. The third kappa shape index (κ3) is 6.80. The number of hydrogen-bond acceptors (Lipinski definition) is 6. The first-order valence-electron chi connectivity index (χ1n) is 14.3. The second kappa shape index (κ2) is 12.5. The fourth-order valence-corrected chi connectivity index (χ4v) is 5.41. The minimum Gasteiger partial charge on any atom is -0.478 e. The number of nitrogens with zero attached hydrogens (tertiary/aromatic N) is 3. The molecule has 6 rings (SSSR count). The molecule has 10 nitrogen and oxygen atoms in total. The molecule has 0 atom stereocenters. The van der Waals surface area contributed by atoms with Crippen LogP contribution in [0.3, 0.4) is 0 Å². The normalized spacial score (nSPS) is 16.2. The van der Waals surface area contributed by atoms with E-state index >= 15 is 0 Å². The van der Waals surface area contributed by atoms with Gasteiger partial charge in [-0.1, -0.05) is 24.3 Å². The van der Waals surface area contributed by atoms with E-state index in [1.54, 1.807) is 24.3 Å². The molecule has 3 aromatic heterocycles. The quantitative estimate of drug-likeness (QED) is 0.180. The molecule has 12 heteroatoms. The maximum absolute atomic E-state index is 14.2. The zero-order valence-electron chi connectivity index (χ0n) is 23.8. The molecular formula is C33H28F2N6O4. The molecule has 1 fully saturated rings. The number of hydrogen-bond donors (Lipinski definition) is 4. The molecule has 0 unspecified atom stereocenters. The van der Waals surface area contributed by atoms with Crippen LogP contribution in [0.15, 0.2) is 85.3 Å². The van der Waals surface area contributed by atoms with Crippen molar-refractivity contribution >= 4 is 34.9 Å². The second-order valence-electron chi connectivity index (χ2n) is 10.9. The van der Waals surface area contributed by atoms with Gasteiger partial charge >= 0.3 is 5.97 Å². The van der Waals surface area contributed by atoms with Gasteiger partial charge in [-0.3, -0.25) is 9.59 Å². The Morgan fingerprint density at radius 2 is 1.51 bits per heavy atom. The maximum Gasteiger partial charge on any atom is 0.335 e. The van der Waals surface area contributed by atoms with Crippen molar-refractivity contribution in [2.75, 3.05) is 5.32 Å². The number of amides is 2. The number of halogens is 2. The summed E-state index contributed by atoms with van der Waals surface area (Å²) < 4.78 is 29.2. The monoisotopic (exact) mass is 610 g/mol. The number of carbonyl (C=O) groups is 3. The van der Waals surface area contributed by atoms with E-state index in [0.29, 0.717) is 37.0 Å². The first kappa shape index (κ1) is 29.4. The zero-order valence-corrected chi connectivity index (χ0v) is 23.8. The molecule has 0 bridgehead atoms. The fraction of sp³-hybridized carbons (Fsp3) is 0.182. The Morgan fingerprint density at radius 1 is 0.800 bits per heavy atom. The summed E-state index contributed by atoms with van der Waals surface area (Å²) in [4.78, 5) is 45.6. The number of aromatic carboxylic acids is 1. The number of rotatable bonds is 8. The minimum absolute atomic E-state index is 0.0462. The molecule has 0 aliphatic heterocycles. The van der Waals surface area contributed by atoms with E-state index in [0.717, 1.165) is 23.4 Å². The summed E-state index contributed by atoms with van der Waals surface area (Å²) in [7, 11) is 0. The average Bonchev–Trinajstić information content (AvgIpc) is 3.46. The highest BCUT2D eigenvalue weighted by Crippen LogP contribution is 2.27. The van der Waals surface area contributed by atoms with E-state index in [1.165, 1.54) is 41.1 Å². The number of nitrogens with one attached hydrogen (secondary N) is 3. The molecule has 2 amide bonds. The molecule has 45 heavy (non-hydrogen) atoms. The van der Waals surface area contributed by atoms with Gasteiger partial charge in [-0.05, 0) is 79.3 Å². The average molecular weight is 611 g/mol. The van der Waals surface area contributed by atoms with Crippen LogP contribution in [0, 0.1) is 11.6 Å². The van der Waals surface area contributed by atoms with Crippen molar-refractivity contribution in [3.8, 4) is 11.1 Å². The Hall–Kier alpha value is -5.65. The predicted octanol–water partition coefficient (Wildman–Crippen LogP) is 5.59. The molecule has 1 aliphatic rings. The first-order chi connectivity index (χ1) is 21.7. The first-order valence-corrected chi connectivity index (χ1v) is 14.3. The van der Waals surface area contributed by atoms with Gasteiger partial charge in [0.05, 0.1) is 17.3 Å². The van der Waals surface area contributed by atoms with Crippen LogP contribution < -0.4 is 16.0 Å². The van der Waals surface area contributed by atoms with Crippen LogP contribution in [0.2, 0.25) is 0 Å². The van der Waals surface area contributed by atoms with Gasteiger partial charge in [0, 0.05) is 30.2 Å². The molecule has 0 saturated heterocycles. The van der Waals surface area contributed by atoms with E-state index in [1.807, 2.05) is 12.1 Å². The molecule has 5 aromatic rings. The molecule has 2 aromatic carbocycles.